The first-order valence-electron chi connectivity index (χ1n) is 7.26. The molecular weight excluding hydrogens is 252 g/mol. The lowest BCUT2D eigenvalue weighted by Gasteiger charge is -2.27. The largest absolute Gasteiger partial charge is 0.376 e. The van der Waals surface area contributed by atoms with Gasteiger partial charge in [-0.1, -0.05) is 18.2 Å². The minimum absolute atomic E-state index is 0.0963. The van der Waals surface area contributed by atoms with Gasteiger partial charge >= 0.3 is 0 Å². The second kappa shape index (κ2) is 6.86. The average molecular weight is 276 g/mol. The summed E-state index contributed by atoms with van der Waals surface area (Å²) in [5.41, 5.74) is 1.91. The second-order valence-electron chi connectivity index (χ2n) is 5.36. The molecule has 1 fully saturated rings. The second-order valence-corrected chi connectivity index (χ2v) is 5.36. The summed E-state index contributed by atoms with van der Waals surface area (Å²) < 4.78 is 5.56. The predicted octanol–water partition coefficient (Wildman–Crippen LogP) is 1.70. The van der Waals surface area contributed by atoms with Crippen molar-refractivity contribution in [2.45, 2.75) is 31.9 Å². The van der Waals surface area contributed by atoms with Crippen LogP contribution in [0.15, 0.2) is 24.3 Å². The number of likely N-dealkylation sites (N-methyl/N-ethyl adjacent to an activating group) is 2. The van der Waals surface area contributed by atoms with Crippen molar-refractivity contribution >= 4 is 5.91 Å². The van der Waals surface area contributed by atoms with Gasteiger partial charge in [0.05, 0.1) is 12.1 Å². The van der Waals surface area contributed by atoms with Gasteiger partial charge < -0.3 is 15.0 Å². The Kier molecular flexibility index (Phi) is 5.15. The van der Waals surface area contributed by atoms with E-state index in [1.165, 1.54) is 0 Å². The molecule has 1 amide bonds. The molecule has 2 rings (SSSR count). The minimum atomic E-state index is 0.0963. The van der Waals surface area contributed by atoms with Crippen LogP contribution in [0.2, 0.25) is 0 Å². The third kappa shape index (κ3) is 3.19. The van der Waals surface area contributed by atoms with Crippen LogP contribution in [-0.2, 0) is 11.2 Å². The normalized spacial score (nSPS) is 21.9. The summed E-state index contributed by atoms with van der Waals surface area (Å²) in [6, 6.07) is 8.05. The average Bonchev–Trinajstić information content (AvgIpc) is 2.90. The molecule has 2 unspecified atom stereocenters. The highest BCUT2D eigenvalue weighted by molar-refractivity contribution is 5.95. The third-order valence-corrected chi connectivity index (χ3v) is 4.05. The molecular formula is C16H24N2O2. The zero-order chi connectivity index (χ0) is 14.5. The maximum atomic E-state index is 12.7. The summed E-state index contributed by atoms with van der Waals surface area (Å²) in [6.07, 6.45) is 1.90. The smallest absolute Gasteiger partial charge is 0.254 e. The zero-order valence-corrected chi connectivity index (χ0v) is 12.6. The fraction of sp³-hybridized carbons (Fsp3) is 0.562. The number of carbonyl (C=O) groups is 1. The highest BCUT2D eigenvalue weighted by atomic mass is 16.5. The summed E-state index contributed by atoms with van der Waals surface area (Å²) in [5, 5.41) is 3.13. The summed E-state index contributed by atoms with van der Waals surface area (Å²) in [5.74, 6) is 0.0963. The maximum Gasteiger partial charge on any atom is 0.254 e. The van der Waals surface area contributed by atoms with Gasteiger partial charge in [0.1, 0.15) is 0 Å². The SMILES string of the molecule is CNCCc1ccccc1C(=O)N(C)C1CCOC1C. The summed E-state index contributed by atoms with van der Waals surface area (Å²) in [4.78, 5) is 14.6. The Labute approximate surface area is 121 Å². The first-order chi connectivity index (χ1) is 9.65. The molecule has 1 N–H and O–H groups in total. The van der Waals surface area contributed by atoms with Gasteiger partial charge in [0.15, 0.2) is 0 Å². The van der Waals surface area contributed by atoms with E-state index < -0.39 is 0 Å². The molecule has 4 heteroatoms. The first kappa shape index (κ1) is 15.0. The number of carbonyl (C=O) groups excluding carboxylic acids is 1. The van der Waals surface area contributed by atoms with Gasteiger partial charge in [0.2, 0.25) is 0 Å². The van der Waals surface area contributed by atoms with Gasteiger partial charge in [-0.15, -0.1) is 0 Å². The molecule has 0 radical (unpaired) electrons. The summed E-state index contributed by atoms with van der Waals surface area (Å²) in [7, 11) is 3.81. The number of benzene rings is 1. The van der Waals surface area contributed by atoms with Gasteiger partial charge in [0, 0.05) is 19.2 Å². The molecule has 1 aromatic carbocycles. The minimum Gasteiger partial charge on any atom is -0.376 e. The van der Waals surface area contributed by atoms with Crippen molar-refractivity contribution in [1.82, 2.24) is 10.2 Å². The Balaban J connectivity index is 2.15. The molecule has 1 aromatic rings. The Hall–Kier alpha value is -1.39. The molecule has 4 nitrogen and oxygen atoms in total. The van der Waals surface area contributed by atoms with E-state index in [2.05, 4.69) is 5.32 Å². The van der Waals surface area contributed by atoms with Crippen molar-refractivity contribution in [2.24, 2.45) is 0 Å². The lowest BCUT2D eigenvalue weighted by atomic mass is 10.0. The van der Waals surface area contributed by atoms with E-state index >= 15 is 0 Å². The van der Waals surface area contributed by atoms with Crippen LogP contribution in [-0.4, -0.2) is 50.2 Å². The van der Waals surface area contributed by atoms with Crippen molar-refractivity contribution in [2.75, 3.05) is 27.2 Å². The van der Waals surface area contributed by atoms with Crippen molar-refractivity contribution in [3.8, 4) is 0 Å². The molecule has 1 heterocycles. The Morgan fingerprint density at radius 1 is 1.45 bits per heavy atom. The standard InChI is InChI=1S/C16H24N2O2/c1-12-15(9-11-20-12)18(3)16(19)14-7-5-4-6-13(14)8-10-17-2/h4-7,12,15,17H,8-11H2,1-3H3. The number of hydrogen-bond acceptors (Lipinski definition) is 3. The van der Waals surface area contributed by atoms with E-state index in [0.717, 1.165) is 37.1 Å². The highest BCUT2D eigenvalue weighted by Crippen LogP contribution is 2.21. The van der Waals surface area contributed by atoms with Crippen LogP contribution in [0, 0.1) is 0 Å². The molecule has 0 aromatic heterocycles. The summed E-state index contributed by atoms with van der Waals surface area (Å²) >= 11 is 0. The van der Waals surface area contributed by atoms with E-state index in [1.807, 2.05) is 50.2 Å². The van der Waals surface area contributed by atoms with E-state index in [1.54, 1.807) is 0 Å². The number of ether oxygens (including phenoxy) is 1. The third-order valence-electron chi connectivity index (χ3n) is 4.05. The zero-order valence-electron chi connectivity index (χ0n) is 12.6. The number of rotatable bonds is 5. The molecule has 20 heavy (non-hydrogen) atoms. The van der Waals surface area contributed by atoms with E-state index in [-0.39, 0.29) is 18.1 Å². The van der Waals surface area contributed by atoms with Crippen LogP contribution in [0.1, 0.15) is 29.3 Å². The van der Waals surface area contributed by atoms with Crippen molar-refractivity contribution < 1.29 is 9.53 Å². The van der Waals surface area contributed by atoms with Crippen molar-refractivity contribution in [3.05, 3.63) is 35.4 Å². The van der Waals surface area contributed by atoms with E-state index in [0.29, 0.717) is 0 Å². The van der Waals surface area contributed by atoms with Crippen LogP contribution in [0.25, 0.3) is 0 Å². The maximum absolute atomic E-state index is 12.7. The highest BCUT2D eigenvalue weighted by Gasteiger charge is 2.31. The number of nitrogens with one attached hydrogen (secondary N) is 1. The van der Waals surface area contributed by atoms with Crippen LogP contribution in [0.4, 0.5) is 0 Å². The molecule has 2 atom stereocenters. The quantitative estimate of drug-likeness (QED) is 0.890. The molecule has 1 saturated heterocycles. The summed E-state index contributed by atoms with van der Waals surface area (Å²) in [6.45, 7) is 3.65. The van der Waals surface area contributed by atoms with E-state index in [9.17, 15) is 4.79 Å². The Morgan fingerprint density at radius 3 is 2.85 bits per heavy atom. The monoisotopic (exact) mass is 276 g/mol. The molecule has 110 valence electrons. The molecule has 0 aliphatic carbocycles. The van der Waals surface area contributed by atoms with Crippen LogP contribution in [0.5, 0.6) is 0 Å². The van der Waals surface area contributed by atoms with Crippen LogP contribution < -0.4 is 5.32 Å². The Bertz CT molecular complexity index is 462. The van der Waals surface area contributed by atoms with E-state index in [4.69, 9.17) is 4.74 Å². The molecule has 0 spiro atoms. The van der Waals surface area contributed by atoms with Crippen LogP contribution in [0.3, 0.4) is 0 Å². The van der Waals surface area contributed by atoms with Gasteiger partial charge in [-0.25, -0.2) is 0 Å². The van der Waals surface area contributed by atoms with Gasteiger partial charge in [-0.2, -0.15) is 0 Å². The first-order valence-corrected chi connectivity index (χ1v) is 7.26. The fourth-order valence-electron chi connectivity index (χ4n) is 2.78. The lowest BCUT2D eigenvalue weighted by Crippen LogP contribution is -2.41. The molecule has 1 aliphatic rings. The number of amides is 1. The van der Waals surface area contributed by atoms with Crippen molar-refractivity contribution in [1.29, 1.82) is 0 Å². The molecule has 0 saturated carbocycles. The fourth-order valence-corrected chi connectivity index (χ4v) is 2.78. The lowest BCUT2D eigenvalue weighted by molar-refractivity contribution is 0.0574. The van der Waals surface area contributed by atoms with Gasteiger partial charge in [-0.05, 0) is 45.0 Å². The van der Waals surface area contributed by atoms with Gasteiger partial charge in [-0.3, -0.25) is 4.79 Å². The number of hydrogen-bond donors (Lipinski definition) is 1. The van der Waals surface area contributed by atoms with Crippen molar-refractivity contribution in [3.63, 3.8) is 0 Å². The van der Waals surface area contributed by atoms with Gasteiger partial charge in [0.25, 0.3) is 5.91 Å². The Morgan fingerprint density at radius 2 is 2.20 bits per heavy atom. The number of nitrogens with zero attached hydrogens (tertiary/aromatic N) is 1. The molecule has 0 bridgehead atoms. The van der Waals surface area contributed by atoms with Crippen LogP contribution >= 0.6 is 0 Å². The predicted molar refractivity (Wildman–Crippen MR) is 80.0 cm³/mol. The topological polar surface area (TPSA) is 41.6 Å². The molecule has 1 aliphatic heterocycles.